The molecule has 0 aliphatic carbocycles. The van der Waals surface area contributed by atoms with Crippen molar-refractivity contribution in [2.75, 3.05) is 6.54 Å². The van der Waals surface area contributed by atoms with Crippen LogP contribution in [0.3, 0.4) is 0 Å². The Hall–Kier alpha value is -2.62. The summed E-state index contributed by atoms with van der Waals surface area (Å²) in [7, 11) is -4.06. The fourth-order valence-electron chi connectivity index (χ4n) is 4.02. The van der Waals surface area contributed by atoms with Crippen molar-refractivity contribution in [1.82, 2.24) is 14.5 Å². The number of nitrogens with zero attached hydrogens (tertiary/aromatic N) is 2. The molecule has 1 aliphatic heterocycles. The average Bonchev–Trinajstić information content (AvgIpc) is 2.98. The van der Waals surface area contributed by atoms with Gasteiger partial charge in [-0.25, -0.2) is 12.7 Å². The van der Waals surface area contributed by atoms with E-state index in [1.54, 1.807) is 31.2 Å². The van der Waals surface area contributed by atoms with Gasteiger partial charge in [-0.1, -0.05) is 48.3 Å². The zero-order valence-electron chi connectivity index (χ0n) is 20.5. The van der Waals surface area contributed by atoms with Gasteiger partial charge in [0, 0.05) is 40.7 Å². The van der Waals surface area contributed by atoms with Crippen LogP contribution in [0, 0.1) is 0 Å². The average molecular weight is 554 g/mol. The number of carbonyl (C=O) groups excluding carboxylic acids is 3. The summed E-state index contributed by atoms with van der Waals surface area (Å²) in [6.07, 6.45) is -0.0254. The van der Waals surface area contributed by atoms with E-state index in [2.05, 4.69) is 5.32 Å². The molecule has 1 atom stereocenters. The maximum absolute atomic E-state index is 13.5. The molecule has 11 heteroatoms. The Morgan fingerprint density at radius 3 is 2.22 bits per heavy atom. The number of halogens is 2. The van der Waals surface area contributed by atoms with E-state index in [0.717, 1.165) is 0 Å². The monoisotopic (exact) mass is 553 g/mol. The first kappa shape index (κ1) is 28.0. The second-order valence-electron chi connectivity index (χ2n) is 9.51. The zero-order valence-corrected chi connectivity index (χ0v) is 22.9. The van der Waals surface area contributed by atoms with Crippen molar-refractivity contribution in [3.05, 3.63) is 63.6 Å². The van der Waals surface area contributed by atoms with Crippen LogP contribution >= 0.6 is 23.2 Å². The molecule has 0 fully saturated rings. The van der Waals surface area contributed by atoms with Gasteiger partial charge in [-0.3, -0.25) is 14.4 Å². The van der Waals surface area contributed by atoms with Crippen molar-refractivity contribution >= 4 is 50.9 Å². The Bertz CT molecular complexity index is 1270. The van der Waals surface area contributed by atoms with Crippen LogP contribution in [-0.2, 0) is 26.2 Å². The van der Waals surface area contributed by atoms with Crippen molar-refractivity contribution in [2.24, 2.45) is 0 Å². The van der Waals surface area contributed by atoms with Crippen LogP contribution < -0.4 is 5.32 Å². The molecule has 0 spiro atoms. The van der Waals surface area contributed by atoms with E-state index in [1.165, 1.54) is 23.1 Å². The summed E-state index contributed by atoms with van der Waals surface area (Å²) in [5, 5.41) is 3.56. The standard InChI is InChI=1S/C25H29Cl2N3O5S/c1-5-20(23(32)28-25(2,3)4)29(15-17-18(26)10-8-11-19(17)27)22(31)13-14-30-24(33)16-9-6-7-12-21(16)36(30,34)35/h6-12,20H,5,13-15H2,1-4H3,(H,28,32)/t20-/m0/s1. The normalized spacial score (nSPS) is 15.4. The van der Waals surface area contributed by atoms with Crippen LogP contribution in [0.4, 0.5) is 0 Å². The summed E-state index contributed by atoms with van der Waals surface area (Å²) >= 11 is 12.7. The molecule has 0 radical (unpaired) electrons. The number of rotatable bonds is 8. The summed E-state index contributed by atoms with van der Waals surface area (Å²) in [5.74, 6) is -1.56. The van der Waals surface area contributed by atoms with E-state index >= 15 is 0 Å². The highest BCUT2D eigenvalue weighted by atomic mass is 35.5. The first-order valence-corrected chi connectivity index (χ1v) is 13.7. The minimum Gasteiger partial charge on any atom is -0.350 e. The number of nitrogens with one attached hydrogen (secondary N) is 1. The van der Waals surface area contributed by atoms with Crippen LogP contribution in [0.15, 0.2) is 47.4 Å². The third-order valence-electron chi connectivity index (χ3n) is 5.72. The Morgan fingerprint density at radius 1 is 1.06 bits per heavy atom. The van der Waals surface area contributed by atoms with Crippen molar-refractivity contribution in [2.45, 2.75) is 63.6 Å². The Morgan fingerprint density at radius 2 is 1.67 bits per heavy atom. The number of sulfonamides is 1. The molecule has 3 amide bonds. The Labute approximate surface area is 221 Å². The lowest BCUT2D eigenvalue weighted by Crippen LogP contribution is -2.53. The molecule has 0 saturated carbocycles. The second kappa shape index (κ2) is 10.8. The van der Waals surface area contributed by atoms with Gasteiger partial charge in [-0.05, 0) is 51.5 Å². The molecule has 0 unspecified atom stereocenters. The third-order valence-corrected chi connectivity index (χ3v) is 8.26. The molecular weight excluding hydrogens is 525 g/mol. The second-order valence-corrected chi connectivity index (χ2v) is 12.2. The molecule has 8 nitrogen and oxygen atoms in total. The number of benzene rings is 2. The molecule has 194 valence electrons. The first-order chi connectivity index (χ1) is 16.8. The highest BCUT2D eigenvalue weighted by Gasteiger charge is 2.41. The maximum atomic E-state index is 13.5. The number of amides is 3. The molecule has 2 aromatic carbocycles. The Kier molecular flexibility index (Phi) is 8.37. The van der Waals surface area contributed by atoms with Crippen LogP contribution in [0.1, 0.15) is 56.5 Å². The lowest BCUT2D eigenvalue weighted by molar-refractivity contribution is -0.142. The van der Waals surface area contributed by atoms with E-state index in [-0.39, 0.29) is 35.9 Å². The van der Waals surface area contributed by atoms with E-state index in [0.29, 0.717) is 26.3 Å². The highest BCUT2D eigenvalue weighted by Crippen LogP contribution is 2.31. The van der Waals surface area contributed by atoms with Crippen LogP contribution in [-0.4, -0.2) is 53.5 Å². The SMILES string of the molecule is CC[C@@H](C(=O)NC(C)(C)C)N(Cc1c(Cl)cccc1Cl)C(=O)CCN1C(=O)c2ccccc2S1(=O)=O. The maximum Gasteiger partial charge on any atom is 0.269 e. The van der Waals surface area contributed by atoms with Gasteiger partial charge in [-0.15, -0.1) is 0 Å². The highest BCUT2D eigenvalue weighted by molar-refractivity contribution is 7.90. The summed E-state index contributed by atoms with van der Waals surface area (Å²) < 4.78 is 26.5. The Balaban J connectivity index is 1.89. The van der Waals surface area contributed by atoms with Crippen molar-refractivity contribution < 1.29 is 22.8 Å². The number of carbonyl (C=O) groups is 3. The minimum atomic E-state index is -4.06. The van der Waals surface area contributed by atoms with Gasteiger partial charge in [0.25, 0.3) is 15.9 Å². The molecule has 1 N–H and O–H groups in total. The first-order valence-electron chi connectivity index (χ1n) is 11.5. The van der Waals surface area contributed by atoms with Gasteiger partial charge in [0.1, 0.15) is 10.9 Å². The summed E-state index contributed by atoms with van der Waals surface area (Å²) in [5.41, 5.74) is -0.00239. The molecule has 1 heterocycles. The lowest BCUT2D eigenvalue weighted by atomic mass is 10.1. The fraction of sp³-hybridized carbons (Fsp3) is 0.400. The van der Waals surface area contributed by atoms with Crippen molar-refractivity contribution in [1.29, 1.82) is 0 Å². The van der Waals surface area contributed by atoms with Gasteiger partial charge in [0.15, 0.2) is 0 Å². The number of hydrogen-bond donors (Lipinski definition) is 1. The van der Waals surface area contributed by atoms with Crippen LogP contribution in [0.25, 0.3) is 0 Å². The smallest absolute Gasteiger partial charge is 0.269 e. The largest absolute Gasteiger partial charge is 0.350 e. The zero-order chi connectivity index (χ0) is 26.8. The number of fused-ring (bicyclic) bond motifs is 1. The molecular formula is C25H29Cl2N3O5S. The summed E-state index contributed by atoms with van der Waals surface area (Å²) in [6.45, 7) is 6.84. The van der Waals surface area contributed by atoms with E-state index in [4.69, 9.17) is 23.2 Å². The van der Waals surface area contributed by atoms with Gasteiger partial charge in [0.2, 0.25) is 11.8 Å². The molecule has 0 saturated heterocycles. The third kappa shape index (κ3) is 5.85. The lowest BCUT2D eigenvalue weighted by Gasteiger charge is -2.33. The summed E-state index contributed by atoms with van der Waals surface area (Å²) in [6, 6.07) is 9.98. The van der Waals surface area contributed by atoms with E-state index in [9.17, 15) is 22.8 Å². The predicted octanol–water partition coefficient (Wildman–Crippen LogP) is 4.25. The number of hydrogen-bond acceptors (Lipinski definition) is 5. The van der Waals surface area contributed by atoms with Crippen molar-refractivity contribution in [3.63, 3.8) is 0 Å². The molecule has 0 bridgehead atoms. The minimum absolute atomic E-state index is 0.0612. The van der Waals surface area contributed by atoms with Gasteiger partial charge >= 0.3 is 0 Å². The topological polar surface area (TPSA) is 104 Å². The molecule has 36 heavy (non-hydrogen) atoms. The van der Waals surface area contributed by atoms with Crippen LogP contribution in [0.2, 0.25) is 10.0 Å². The van der Waals surface area contributed by atoms with Gasteiger partial charge in [0.05, 0.1) is 5.56 Å². The summed E-state index contributed by atoms with van der Waals surface area (Å²) in [4.78, 5) is 40.7. The molecule has 0 aromatic heterocycles. The van der Waals surface area contributed by atoms with Gasteiger partial charge in [-0.2, -0.15) is 0 Å². The van der Waals surface area contributed by atoms with E-state index < -0.39 is 33.4 Å². The molecule has 1 aliphatic rings. The predicted molar refractivity (Wildman–Crippen MR) is 138 cm³/mol. The van der Waals surface area contributed by atoms with Crippen molar-refractivity contribution in [3.8, 4) is 0 Å². The van der Waals surface area contributed by atoms with E-state index in [1.807, 2.05) is 20.8 Å². The fourth-order valence-corrected chi connectivity index (χ4v) is 6.11. The molecule has 2 aromatic rings. The molecule has 3 rings (SSSR count). The van der Waals surface area contributed by atoms with Gasteiger partial charge < -0.3 is 10.2 Å². The van der Waals surface area contributed by atoms with Crippen LogP contribution in [0.5, 0.6) is 0 Å². The quantitative estimate of drug-likeness (QED) is 0.526.